The van der Waals surface area contributed by atoms with Gasteiger partial charge in [-0.05, 0) is 50.1 Å². The van der Waals surface area contributed by atoms with Crippen LogP contribution in [0.15, 0.2) is 42.5 Å². The molecule has 0 aliphatic rings. The number of aryl methyl sites for hydroxylation is 1. The smallest absolute Gasteiger partial charge is 0.279 e. The number of halogens is 1. The summed E-state index contributed by atoms with van der Waals surface area (Å²) in [7, 11) is 0. The second-order valence-corrected chi connectivity index (χ2v) is 6.12. The third kappa shape index (κ3) is 5.39. The van der Waals surface area contributed by atoms with Crippen LogP contribution >= 0.6 is 11.6 Å². The summed E-state index contributed by atoms with van der Waals surface area (Å²) in [5.74, 6) is 0.0255. The standard InChI is InChI=1S/C19H21ClN2O4/c1-12-7-6-10-16(13(12)2)26-14(3)19(24)22-21-18(23)11-25-17-9-5-4-8-15(17)20/h4-10,14H,11H2,1-3H3,(H,21,23)(H,22,24)/t14-/m0/s1. The van der Waals surface area contributed by atoms with Crippen molar-refractivity contribution >= 4 is 23.4 Å². The maximum atomic E-state index is 12.1. The Bertz CT molecular complexity index is 795. The molecular weight excluding hydrogens is 356 g/mol. The van der Waals surface area contributed by atoms with Crippen molar-refractivity contribution in [3.05, 3.63) is 58.6 Å². The summed E-state index contributed by atoms with van der Waals surface area (Å²) in [4.78, 5) is 23.8. The molecule has 0 spiro atoms. The lowest BCUT2D eigenvalue weighted by Gasteiger charge is -2.17. The van der Waals surface area contributed by atoms with Gasteiger partial charge >= 0.3 is 0 Å². The van der Waals surface area contributed by atoms with E-state index in [4.69, 9.17) is 21.1 Å². The molecule has 0 heterocycles. The summed E-state index contributed by atoms with van der Waals surface area (Å²) >= 11 is 5.93. The summed E-state index contributed by atoms with van der Waals surface area (Å²) in [6, 6.07) is 12.4. The normalized spacial score (nSPS) is 11.4. The zero-order valence-electron chi connectivity index (χ0n) is 14.8. The van der Waals surface area contributed by atoms with Crippen LogP contribution in [0, 0.1) is 13.8 Å². The average molecular weight is 377 g/mol. The fraction of sp³-hybridized carbons (Fsp3) is 0.263. The Morgan fingerprint density at radius 3 is 2.46 bits per heavy atom. The molecule has 0 aliphatic carbocycles. The number of para-hydroxylation sites is 1. The highest BCUT2D eigenvalue weighted by Gasteiger charge is 2.17. The number of carbonyl (C=O) groups excluding carboxylic acids is 2. The number of hydrazine groups is 1. The fourth-order valence-corrected chi connectivity index (χ4v) is 2.26. The van der Waals surface area contributed by atoms with Crippen LogP contribution in [0.1, 0.15) is 18.1 Å². The highest BCUT2D eigenvalue weighted by Crippen LogP contribution is 2.23. The van der Waals surface area contributed by atoms with Crippen molar-refractivity contribution in [3.8, 4) is 11.5 Å². The molecule has 2 aromatic rings. The van der Waals surface area contributed by atoms with Gasteiger partial charge in [-0.1, -0.05) is 35.9 Å². The van der Waals surface area contributed by atoms with E-state index in [0.717, 1.165) is 11.1 Å². The molecule has 0 bridgehead atoms. The molecule has 2 rings (SSSR count). The van der Waals surface area contributed by atoms with Gasteiger partial charge in [0.1, 0.15) is 11.5 Å². The molecule has 0 aromatic heterocycles. The maximum Gasteiger partial charge on any atom is 0.279 e. The van der Waals surface area contributed by atoms with E-state index in [2.05, 4.69) is 10.9 Å². The number of rotatable bonds is 6. The number of hydrogen-bond acceptors (Lipinski definition) is 4. The van der Waals surface area contributed by atoms with Gasteiger partial charge in [0.2, 0.25) is 0 Å². The van der Waals surface area contributed by atoms with Crippen molar-refractivity contribution in [2.75, 3.05) is 6.61 Å². The predicted octanol–water partition coefficient (Wildman–Crippen LogP) is 2.95. The Morgan fingerprint density at radius 2 is 1.73 bits per heavy atom. The summed E-state index contributed by atoms with van der Waals surface area (Å²) in [6.07, 6.45) is -0.778. The van der Waals surface area contributed by atoms with Crippen LogP contribution in [0.3, 0.4) is 0 Å². The Balaban J connectivity index is 1.79. The number of amides is 2. The molecule has 2 N–H and O–H groups in total. The Kier molecular flexibility index (Phi) is 6.86. The largest absolute Gasteiger partial charge is 0.482 e. The van der Waals surface area contributed by atoms with Crippen molar-refractivity contribution in [2.45, 2.75) is 26.9 Å². The maximum absolute atomic E-state index is 12.1. The summed E-state index contributed by atoms with van der Waals surface area (Å²) in [5.41, 5.74) is 6.62. The van der Waals surface area contributed by atoms with Crippen LogP contribution in [0.2, 0.25) is 5.02 Å². The molecule has 1 atom stereocenters. The lowest BCUT2D eigenvalue weighted by molar-refractivity contribution is -0.133. The summed E-state index contributed by atoms with van der Waals surface area (Å²) < 4.78 is 10.9. The first-order valence-corrected chi connectivity index (χ1v) is 8.45. The first kappa shape index (κ1) is 19.6. The van der Waals surface area contributed by atoms with Crippen molar-refractivity contribution < 1.29 is 19.1 Å². The van der Waals surface area contributed by atoms with E-state index < -0.39 is 17.9 Å². The van der Waals surface area contributed by atoms with Crippen LogP contribution in [0.5, 0.6) is 11.5 Å². The van der Waals surface area contributed by atoms with Gasteiger partial charge in [-0.15, -0.1) is 0 Å². The lowest BCUT2D eigenvalue weighted by Crippen LogP contribution is -2.48. The Morgan fingerprint density at radius 1 is 1.04 bits per heavy atom. The highest BCUT2D eigenvalue weighted by molar-refractivity contribution is 6.32. The zero-order chi connectivity index (χ0) is 19.1. The molecule has 6 nitrogen and oxygen atoms in total. The van der Waals surface area contributed by atoms with Gasteiger partial charge in [-0.2, -0.15) is 0 Å². The number of benzene rings is 2. The quantitative estimate of drug-likeness (QED) is 0.760. The third-order valence-corrected chi connectivity index (χ3v) is 4.06. The van der Waals surface area contributed by atoms with E-state index in [0.29, 0.717) is 16.5 Å². The van der Waals surface area contributed by atoms with Gasteiger partial charge in [0.15, 0.2) is 12.7 Å². The van der Waals surface area contributed by atoms with E-state index in [1.54, 1.807) is 37.3 Å². The second kappa shape index (κ2) is 9.10. The second-order valence-electron chi connectivity index (χ2n) is 5.71. The zero-order valence-corrected chi connectivity index (χ0v) is 15.6. The minimum atomic E-state index is -0.778. The summed E-state index contributed by atoms with van der Waals surface area (Å²) in [6.45, 7) is 5.20. The molecular formula is C19H21ClN2O4. The van der Waals surface area contributed by atoms with Crippen LogP contribution in [0.4, 0.5) is 0 Å². The van der Waals surface area contributed by atoms with Gasteiger partial charge in [0.25, 0.3) is 11.8 Å². The van der Waals surface area contributed by atoms with Gasteiger partial charge in [0.05, 0.1) is 5.02 Å². The monoisotopic (exact) mass is 376 g/mol. The van der Waals surface area contributed by atoms with Crippen LogP contribution < -0.4 is 20.3 Å². The molecule has 138 valence electrons. The molecule has 2 aromatic carbocycles. The first-order valence-electron chi connectivity index (χ1n) is 8.07. The van der Waals surface area contributed by atoms with Crippen LogP contribution in [0.25, 0.3) is 0 Å². The topological polar surface area (TPSA) is 76.7 Å². The minimum Gasteiger partial charge on any atom is -0.482 e. The van der Waals surface area contributed by atoms with E-state index in [1.165, 1.54) is 0 Å². The van der Waals surface area contributed by atoms with Gasteiger partial charge < -0.3 is 9.47 Å². The van der Waals surface area contributed by atoms with Crippen LogP contribution in [-0.4, -0.2) is 24.5 Å². The van der Waals surface area contributed by atoms with Crippen molar-refractivity contribution in [1.29, 1.82) is 0 Å². The van der Waals surface area contributed by atoms with Crippen molar-refractivity contribution in [1.82, 2.24) is 10.9 Å². The van der Waals surface area contributed by atoms with E-state index in [1.807, 2.05) is 26.0 Å². The molecule has 7 heteroatoms. The van der Waals surface area contributed by atoms with Crippen molar-refractivity contribution in [3.63, 3.8) is 0 Å². The molecule has 0 saturated carbocycles. The molecule has 0 saturated heterocycles. The van der Waals surface area contributed by atoms with Gasteiger partial charge in [-0.3, -0.25) is 20.4 Å². The highest BCUT2D eigenvalue weighted by atomic mass is 35.5. The van der Waals surface area contributed by atoms with E-state index in [9.17, 15) is 9.59 Å². The Labute approximate surface area is 157 Å². The fourth-order valence-electron chi connectivity index (χ4n) is 2.07. The van der Waals surface area contributed by atoms with Gasteiger partial charge in [0, 0.05) is 0 Å². The number of nitrogens with one attached hydrogen (secondary N) is 2. The molecule has 2 amide bonds. The minimum absolute atomic E-state index is 0.282. The number of ether oxygens (including phenoxy) is 2. The average Bonchev–Trinajstić information content (AvgIpc) is 2.62. The SMILES string of the molecule is Cc1cccc(O[C@@H](C)C(=O)NNC(=O)COc2ccccc2Cl)c1C. The molecule has 0 unspecified atom stereocenters. The molecule has 0 aliphatic heterocycles. The third-order valence-electron chi connectivity index (χ3n) is 3.75. The molecule has 0 fully saturated rings. The molecule has 26 heavy (non-hydrogen) atoms. The number of carbonyl (C=O) groups is 2. The van der Waals surface area contributed by atoms with E-state index >= 15 is 0 Å². The lowest BCUT2D eigenvalue weighted by atomic mass is 10.1. The van der Waals surface area contributed by atoms with Gasteiger partial charge in [-0.25, -0.2) is 0 Å². The van der Waals surface area contributed by atoms with E-state index in [-0.39, 0.29) is 6.61 Å². The molecule has 0 radical (unpaired) electrons. The number of hydrogen-bond donors (Lipinski definition) is 2. The predicted molar refractivity (Wildman–Crippen MR) is 99.2 cm³/mol. The summed E-state index contributed by atoms with van der Waals surface area (Å²) in [5, 5.41) is 0.403. The first-order chi connectivity index (χ1) is 12.4. The van der Waals surface area contributed by atoms with Crippen LogP contribution in [-0.2, 0) is 9.59 Å². The Hall–Kier alpha value is -2.73. The van der Waals surface area contributed by atoms with Crippen molar-refractivity contribution in [2.24, 2.45) is 0 Å².